The van der Waals surface area contributed by atoms with Gasteiger partial charge in [0.05, 0.1) is 10.0 Å². The summed E-state index contributed by atoms with van der Waals surface area (Å²) in [5, 5.41) is 11.6. The topological polar surface area (TPSA) is 108 Å². The van der Waals surface area contributed by atoms with E-state index in [1.165, 1.54) is 31.4 Å². The van der Waals surface area contributed by atoms with Crippen molar-refractivity contribution in [1.82, 2.24) is 0 Å². The van der Waals surface area contributed by atoms with Gasteiger partial charge in [0.1, 0.15) is 29.1 Å². The fraction of sp³-hybridized carbons (Fsp3) is 0.174. The first kappa shape index (κ1) is 27.0. The lowest BCUT2D eigenvalue weighted by Crippen LogP contribution is -2.34. The van der Waals surface area contributed by atoms with E-state index >= 15 is 0 Å². The molecule has 0 saturated heterocycles. The van der Waals surface area contributed by atoms with Crippen molar-refractivity contribution in [2.45, 2.75) is 11.1 Å². The predicted octanol–water partition coefficient (Wildman–Crippen LogP) is 5.41. The molecule has 0 spiro atoms. The van der Waals surface area contributed by atoms with E-state index in [-0.39, 0.29) is 51.3 Å². The van der Waals surface area contributed by atoms with E-state index in [4.69, 9.17) is 37.4 Å². The molecule has 0 radical (unpaired) electrons. The number of carbonyl (C=O) groups excluding carboxylic acids is 1. The normalized spacial score (nSPS) is 16.8. The molecule has 0 fully saturated rings. The van der Waals surface area contributed by atoms with E-state index in [9.17, 15) is 31.5 Å². The van der Waals surface area contributed by atoms with Crippen LogP contribution in [0.5, 0.6) is 23.0 Å². The zero-order chi connectivity index (χ0) is 27.2. The number of ether oxygens (including phenoxy) is 3. The van der Waals surface area contributed by atoms with Gasteiger partial charge in [-0.25, -0.2) is 0 Å². The van der Waals surface area contributed by atoms with Crippen molar-refractivity contribution in [2.75, 3.05) is 13.9 Å². The lowest BCUT2D eigenvalue weighted by Gasteiger charge is -2.37. The molecule has 1 aliphatic heterocycles. The number of alkyl halides is 3. The Kier molecular flexibility index (Phi) is 7.08. The Bertz CT molecular complexity index is 1490. The summed E-state index contributed by atoms with van der Waals surface area (Å²) in [6.45, 7) is -0.198. The lowest BCUT2D eigenvalue weighted by atomic mass is 9.76. The number of aliphatic hydroxyl groups is 1. The monoisotopic (exact) mass is 578 g/mol. The lowest BCUT2D eigenvalue weighted by molar-refractivity contribution is -0.0500. The summed E-state index contributed by atoms with van der Waals surface area (Å²) in [5.41, 5.74) is -7.88. The Morgan fingerprint density at radius 3 is 2.14 bits per heavy atom. The molecule has 0 bridgehead atoms. The molecule has 1 aliphatic rings. The van der Waals surface area contributed by atoms with Crippen LogP contribution in [-0.4, -0.2) is 39.2 Å². The Morgan fingerprint density at radius 2 is 1.57 bits per heavy atom. The Labute approximate surface area is 218 Å². The zero-order valence-corrected chi connectivity index (χ0v) is 20.8. The smallest absolute Gasteiger partial charge is 0.466 e. The van der Waals surface area contributed by atoms with Crippen molar-refractivity contribution in [3.05, 3.63) is 80.8 Å². The number of benzene rings is 3. The van der Waals surface area contributed by atoms with Crippen LogP contribution in [0, 0.1) is 0 Å². The zero-order valence-electron chi connectivity index (χ0n) is 18.5. The van der Waals surface area contributed by atoms with Crippen molar-refractivity contribution in [2.24, 2.45) is 0 Å². The maximum Gasteiger partial charge on any atom is 0.534 e. The van der Waals surface area contributed by atoms with Crippen LogP contribution in [0.25, 0.3) is 0 Å². The van der Waals surface area contributed by atoms with Gasteiger partial charge in [0.2, 0.25) is 0 Å². The van der Waals surface area contributed by atoms with Gasteiger partial charge in [0.25, 0.3) is 0 Å². The van der Waals surface area contributed by atoms with Crippen LogP contribution in [0.1, 0.15) is 27.0 Å². The highest BCUT2D eigenvalue weighted by atomic mass is 35.5. The second-order valence-electron chi connectivity index (χ2n) is 7.61. The molecule has 0 amide bonds. The first-order chi connectivity index (χ1) is 17.3. The van der Waals surface area contributed by atoms with Gasteiger partial charge in [-0.2, -0.15) is 21.6 Å². The number of carbonyl (C=O) groups is 1. The molecule has 1 heterocycles. The third kappa shape index (κ3) is 4.71. The minimum absolute atomic E-state index is 0.0344. The number of aldehydes is 1. The molecule has 0 aromatic heterocycles. The number of fused-ring (bicyclic) bond motifs is 2. The molecule has 1 N–H and O–H groups in total. The van der Waals surface area contributed by atoms with E-state index < -0.39 is 32.0 Å². The number of hydrogen-bond acceptors (Lipinski definition) is 8. The second kappa shape index (κ2) is 9.69. The Morgan fingerprint density at radius 1 is 1.00 bits per heavy atom. The summed E-state index contributed by atoms with van der Waals surface area (Å²) in [7, 11) is -4.71. The molecular formula is C23H15Cl2F3O8S. The van der Waals surface area contributed by atoms with Gasteiger partial charge in [0, 0.05) is 41.5 Å². The van der Waals surface area contributed by atoms with Crippen LogP contribution in [-0.2, 0) is 20.5 Å². The first-order valence-corrected chi connectivity index (χ1v) is 12.3. The fourth-order valence-electron chi connectivity index (χ4n) is 3.75. The largest absolute Gasteiger partial charge is 0.534 e. The van der Waals surface area contributed by atoms with Gasteiger partial charge in [-0.1, -0.05) is 47.5 Å². The van der Waals surface area contributed by atoms with E-state index in [1.807, 2.05) is 0 Å². The van der Waals surface area contributed by atoms with E-state index in [1.54, 1.807) is 12.1 Å². The number of hydrogen-bond donors (Lipinski definition) is 1. The minimum Gasteiger partial charge on any atom is -0.466 e. The highest BCUT2D eigenvalue weighted by Gasteiger charge is 2.50. The van der Waals surface area contributed by atoms with Crippen LogP contribution in [0.15, 0.2) is 48.5 Å². The summed E-state index contributed by atoms with van der Waals surface area (Å²) >= 11 is 12.4. The molecule has 3 aromatic rings. The van der Waals surface area contributed by atoms with Crippen LogP contribution < -0.4 is 13.7 Å². The molecule has 37 heavy (non-hydrogen) atoms. The van der Waals surface area contributed by atoms with Crippen molar-refractivity contribution in [3.63, 3.8) is 0 Å². The Hall–Kier alpha value is -3.03. The molecule has 1 unspecified atom stereocenters. The molecule has 8 nitrogen and oxygen atoms in total. The van der Waals surface area contributed by atoms with Gasteiger partial charge in [-0.15, -0.1) is 0 Å². The SMILES string of the molecule is COCOc1cc2c(cc1Cl)C(O)(c1ccccc1C=O)c1cc(Cl)c(OS(=O)(=O)C(F)(F)F)cc1O2. The van der Waals surface area contributed by atoms with Crippen LogP contribution in [0.3, 0.4) is 0 Å². The number of rotatable bonds is 7. The fourth-order valence-corrected chi connectivity index (χ4v) is 4.68. The van der Waals surface area contributed by atoms with Gasteiger partial charge >= 0.3 is 15.6 Å². The quantitative estimate of drug-likeness (QED) is 0.172. The summed E-state index contributed by atoms with van der Waals surface area (Å²) in [5.74, 6) is -1.22. The van der Waals surface area contributed by atoms with Crippen LogP contribution >= 0.6 is 23.2 Å². The summed E-state index contributed by atoms with van der Waals surface area (Å²) in [6, 6.07) is 10.3. The number of halogens is 5. The first-order valence-electron chi connectivity index (χ1n) is 10.1. The van der Waals surface area contributed by atoms with Crippen LogP contribution in [0.4, 0.5) is 13.2 Å². The maximum absolute atomic E-state index is 12.9. The van der Waals surface area contributed by atoms with Gasteiger partial charge in [0.15, 0.2) is 12.5 Å². The van der Waals surface area contributed by atoms with Gasteiger partial charge in [-0.3, -0.25) is 4.79 Å². The van der Waals surface area contributed by atoms with Gasteiger partial charge in [-0.05, 0) is 12.1 Å². The van der Waals surface area contributed by atoms with Crippen molar-refractivity contribution in [3.8, 4) is 23.0 Å². The van der Waals surface area contributed by atoms with Crippen LogP contribution in [0.2, 0.25) is 10.0 Å². The third-order valence-corrected chi connectivity index (χ3v) is 6.92. The molecule has 1 atom stereocenters. The average molecular weight is 579 g/mol. The molecule has 0 saturated carbocycles. The van der Waals surface area contributed by atoms with E-state index in [2.05, 4.69) is 4.18 Å². The minimum atomic E-state index is -6.07. The van der Waals surface area contributed by atoms with E-state index in [0.717, 1.165) is 12.1 Å². The third-order valence-electron chi connectivity index (χ3n) is 5.36. The summed E-state index contributed by atoms with van der Waals surface area (Å²) < 4.78 is 82.1. The molecule has 0 aliphatic carbocycles. The van der Waals surface area contributed by atoms with Gasteiger partial charge < -0.3 is 23.5 Å². The molecule has 4 rings (SSSR count). The van der Waals surface area contributed by atoms with E-state index in [0.29, 0.717) is 6.29 Å². The number of methoxy groups -OCH3 is 1. The maximum atomic E-state index is 12.9. The molecular weight excluding hydrogens is 564 g/mol. The summed E-state index contributed by atoms with van der Waals surface area (Å²) in [6.07, 6.45) is 0.495. The molecule has 14 heteroatoms. The standard InChI is InChI=1S/C23H15Cl2F3O8S/c1-33-11-34-20-8-18-14(6-16(20)24)22(30,13-5-3-2-4-12(13)10-29)15-7-17(25)21(9-19(15)35-18)36-37(31,32)23(26,27)28/h2-10,30H,11H2,1H3. The predicted molar refractivity (Wildman–Crippen MR) is 125 cm³/mol. The average Bonchev–Trinajstić information content (AvgIpc) is 2.83. The molecule has 3 aromatic carbocycles. The van der Waals surface area contributed by atoms with Crippen molar-refractivity contribution in [1.29, 1.82) is 0 Å². The summed E-state index contributed by atoms with van der Waals surface area (Å²) in [4.78, 5) is 11.8. The van der Waals surface area contributed by atoms with Crippen molar-refractivity contribution >= 4 is 39.6 Å². The molecule has 196 valence electrons. The highest BCUT2D eigenvalue weighted by molar-refractivity contribution is 7.88. The van der Waals surface area contributed by atoms with Crippen molar-refractivity contribution < 1.29 is 49.9 Å². The second-order valence-corrected chi connectivity index (χ2v) is 9.96. The highest BCUT2D eigenvalue weighted by Crippen LogP contribution is 2.54. The Balaban J connectivity index is 1.98.